The molecule has 0 heterocycles. The molecule has 0 aliphatic rings. The number of anilines is 1. The Morgan fingerprint density at radius 2 is 1.83 bits per heavy atom. The maximum absolute atomic E-state index is 12.6. The van der Waals surface area contributed by atoms with Gasteiger partial charge in [-0.2, -0.15) is 0 Å². The van der Waals surface area contributed by atoms with Crippen molar-refractivity contribution >= 4 is 11.6 Å². The second-order valence-corrected chi connectivity index (χ2v) is 7.14. The predicted octanol–water partition coefficient (Wildman–Crippen LogP) is 4.87. The van der Waals surface area contributed by atoms with Crippen LogP contribution in [0, 0.1) is 19.8 Å². The summed E-state index contributed by atoms with van der Waals surface area (Å²) >= 11 is 0. The van der Waals surface area contributed by atoms with E-state index in [0.717, 1.165) is 35.4 Å². The highest BCUT2D eigenvalue weighted by atomic mass is 16.5. The summed E-state index contributed by atoms with van der Waals surface area (Å²) < 4.78 is 11.4. The zero-order valence-corrected chi connectivity index (χ0v) is 16.3. The average molecular weight is 335 g/mol. The van der Waals surface area contributed by atoms with Crippen molar-refractivity contribution in [1.29, 1.82) is 0 Å². The van der Waals surface area contributed by atoms with E-state index in [1.807, 2.05) is 32.9 Å². The zero-order chi connectivity index (χ0) is 18.3. The van der Waals surface area contributed by atoms with Gasteiger partial charge in [-0.15, -0.1) is 0 Å². The zero-order valence-electron chi connectivity index (χ0n) is 16.3. The quantitative estimate of drug-likeness (QED) is 0.700. The highest BCUT2D eigenvalue weighted by Gasteiger charge is 2.32. The molecule has 0 fully saturated rings. The lowest BCUT2D eigenvalue weighted by Gasteiger charge is -2.27. The molecule has 4 nitrogen and oxygen atoms in total. The molecule has 1 rings (SSSR count). The van der Waals surface area contributed by atoms with Crippen LogP contribution in [-0.4, -0.2) is 25.2 Å². The smallest absolute Gasteiger partial charge is 0.256 e. The van der Waals surface area contributed by atoms with Crippen molar-refractivity contribution in [1.82, 2.24) is 0 Å². The van der Waals surface area contributed by atoms with E-state index in [0.29, 0.717) is 18.9 Å². The molecule has 136 valence electrons. The van der Waals surface area contributed by atoms with Crippen LogP contribution in [0.1, 0.15) is 58.1 Å². The van der Waals surface area contributed by atoms with Crippen LogP contribution in [0.2, 0.25) is 0 Å². The number of amides is 1. The molecule has 0 unspecified atom stereocenters. The van der Waals surface area contributed by atoms with Crippen molar-refractivity contribution in [3.05, 3.63) is 23.3 Å². The summed E-state index contributed by atoms with van der Waals surface area (Å²) in [7, 11) is 1.59. The fourth-order valence-corrected chi connectivity index (χ4v) is 2.59. The number of aryl methyl sites for hydroxylation is 2. The lowest BCUT2D eigenvalue weighted by Crippen LogP contribution is -2.41. The highest BCUT2D eigenvalue weighted by Crippen LogP contribution is 2.29. The van der Waals surface area contributed by atoms with Crippen molar-refractivity contribution in [2.75, 3.05) is 19.0 Å². The minimum atomic E-state index is -0.801. The Morgan fingerprint density at radius 1 is 1.25 bits per heavy atom. The third-order valence-corrected chi connectivity index (χ3v) is 4.22. The maximum atomic E-state index is 12.6. The Hall–Kier alpha value is -1.55. The highest BCUT2D eigenvalue weighted by molar-refractivity contribution is 5.97. The van der Waals surface area contributed by atoms with Gasteiger partial charge in [0.1, 0.15) is 11.4 Å². The van der Waals surface area contributed by atoms with Crippen LogP contribution >= 0.6 is 0 Å². The SMILES string of the molecule is CCCC[C@](C)(OC)C(=O)Nc1cc(C)c(OCC(C)C)c(C)c1. The first-order valence-corrected chi connectivity index (χ1v) is 8.84. The van der Waals surface area contributed by atoms with Gasteiger partial charge in [0.15, 0.2) is 0 Å². The van der Waals surface area contributed by atoms with Gasteiger partial charge in [-0.05, 0) is 56.4 Å². The molecule has 4 heteroatoms. The molecule has 24 heavy (non-hydrogen) atoms. The maximum Gasteiger partial charge on any atom is 0.256 e. The molecule has 0 aromatic heterocycles. The summed E-state index contributed by atoms with van der Waals surface area (Å²) in [5.41, 5.74) is 2.04. The van der Waals surface area contributed by atoms with Gasteiger partial charge in [-0.3, -0.25) is 4.79 Å². The Bertz CT molecular complexity index is 531. The topological polar surface area (TPSA) is 47.6 Å². The molecule has 0 saturated heterocycles. The average Bonchev–Trinajstić information content (AvgIpc) is 2.51. The number of rotatable bonds is 9. The van der Waals surface area contributed by atoms with E-state index in [1.165, 1.54) is 0 Å². The van der Waals surface area contributed by atoms with E-state index < -0.39 is 5.60 Å². The Labute approximate surface area is 146 Å². The third-order valence-electron chi connectivity index (χ3n) is 4.22. The van der Waals surface area contributed by atoms with Crippen LogP contribution < -0.4 is 10.1 Å². The lowest BCUT2D eigenvalue weighted by molar-refractivity contribution is -0.136. The Balaban J connectivity index is 2.90. The molecule has 1 amide bonds. The molecule has 1 N–H and O–H groups in total. The van der Waals surface area contributed by atoms with E-state index in [4.69, 9.17) is 9.47 Å². The van der Waals surface area contributed by atoms with Crippen LogP contribution in [0.25, 0.3) is 0 Å². The van der Waals surface area contributed by atoms with Gasteiger partial charge in [-0.25, -0.2) is 0 Å². The number of hydrogen-bond donors (Lipinski definition) is 1. The molecular weight excluding hydrogens is 302 g/mol. The van der Waals surface area contributed by atoms with Crippen LogP contribution in [0.4, 0.5) is 5.69 Å². The number of carbonyl (C=O) groups is 1. The number of hydrogen-bond acceptors (Lipinski definition) is 3. The standard InChI is InChI=1S/C20H33NO3/c1-8-9-10-20(6,23-7)19(22)21-17-11-15(4)18(16(5)12-17)24-13-14(2)3/h11-12,14H,8-10,13H2,1-7H3,(H,21,22)/t20-/m0/s1. The summed E-state index contributed by atoms with van der Waals surface area (Å²) in [4.78, 5) is 12.6. The van der Waals surface area contributed by atoms with Gasteiger partial charge < -0.3 is 14.8 Å². The minimum absolute atomic E-state index is 0.104. The van der Waals surface area contributed by atoms with Gasteiger partial charge in [0.05, 0.1) is 6.61 Å². The first-order chi connectivity index (χ1) is 11.2. The second kappa shape index (κ2) is 9.07. The summed E-state index contributed by atoms with van der Waals surface area (Å²) in [6.45, 7) is 12.9. The van der Waals surface area contributed by atoms with Gasteiger partial charge in [-0.1, -0.05) is 33.6 Å². The molecular formula is C20H33NO3. The molecule has 0 radical (unpaired) electrons. The molecule has 1 aromatic carbocycles. The molecule has 0 saturated carbocycles. The van der Waals surface area contributed by atoms with E-state index in [9.17, 15) is 4.79 Å². The summed E-state index contributed by atoms with van der Waals surface area (Å²) in [6.07, 6.45) is 2.70. The van der Waals surface area contributed by atoms with Crippen molar-refractivity contribution in [2.24, 2.45) is 5.92 Å². The fourth-order valence-electron chi connectivity index (χ4n) is 2.59. The van der Waals surface area contributed by atoms with Gasteiger partial charge in [0.2, 0.25) is 0 Å². The predicted molar refractivity (Wildman–Crippen MR) is 99.8 cm³/mol. The minimum Gasteiger partial charge on any atom is -0.493 e. The second-order valence-electron chi connectivity index (χ2n) is 7.14. The van der Waals surface area contributed by atoms with Crippen molar-refractivity contribution in [3.63, 3.8) is 0 Å². The third kappa shape index (κ3) is 5.52. The normalized spacial score (nSPS) is 13.7. The molecule has 0 spiro atoms. The summed E-state index contributed by atoms with van der Waals surface area (Å²) in [5, 5.41) is 3.00. The first kappa shape index (κ1) is 20.5. The lowest BCUT2D eigenvalue weighted by atomic mass is 9.97. The van der Waals surface area contributed by atoms with E-state index in [-0.39, 0.29) is 5.91 Å². The van der Waals surface area contributed by atoms with Crippen LogP contribution in [0.3, 0.4) is 0 Å². The van der Waals surface area contributed by atoms with E-state index in [2.05, 4.69) is 26.1 Å². The van der Waals surface area contributed by atoms with Crippen LogP contribution in [0.15, 0.2) is 12.1 Å². The number of carbonyl (C=O) groups excluding carboxylic acids is 1. The van der Waals surface area contributed by atoms with Gasteiger partial charge in [0.25, 0.3) is 5.91 Å². The number of ether oxygens (including phenoxy) is 2. The Morgan fingerprint density at radius 3 is 2.29 bits per heavy atom. The fraction of sp³-hybridized carbons (Fsp3) is 0.650. The number of unbranched alkanes of at least 4 members (excludes halogenated alkanes) is 1. The van der Waals surface area contributed by atoms with Crippen LogP contribution in [0.5, 0.6) is 5.75 Å². The number of benzene rings is 1. The molecule has 0 bridgehead atoms. The monoisotopic (exact) mass is 335 g/mol. The summed E-state index contributed by atoms with van der Waals surface area (Å²) in [5.74, 6) is 1.28. The molecule has 0 aliphatic heterocycles. The summed E-state index contributed by atoms with van der Waals surface area (Å²) in [6, 6.07) is 3.91. The van der Waals surface area contributed by atoms with Gasteiger partial charge in [0, 0.05) is 12.8 Å². The van der Waals surface area contributed by atoms with E-state index >= 15 is 0 Å². The molecule has 0 aliphatic carbocycles. The molecule has 1 atom stereocenters. The van der Waals surface area contributed by atoms with Crippen molar-refractivity contribution < 1.29 is 14.3 Å². The largest absolute Gasteiger partial charge is 0.493 e. The Kier molecular flexibility index (Phi) is 7.74. The first-order valence-electron chi connectivity index (χ1n) is 8.84. The number of nitrogens with one attached hydrogen (secondary N) is 1. The van der Waals surface area contributed by atoms with Crippen molar-refractivity contribution in [2.45, 2.75) is 66.4 Å². The number of methoxy groups -OCH3 is 1. The van der Waals surface area contributed by atoms with Crippen molar-refractivity contribution in [3.8, 4) is 5.75 Å². The van der Waals surface area contributed by atoms with E-state index in [1.54, 1.807) is 7.11 Å². The molecule has 1 aromatic rings. The van der Waals surface area contributed by atoms with Gasteiger partial charge >= 0.3 is 0 Å². The van der Waals surface area contributed by atoms with Crippen LogP contribution in [-0.2, 0) is 9.53 Å².